The van der Waals surface area contributed by atoms with Crippen molar-refractivity contribution in [1.29, 1.82) is 0 Å². The zero-order valence-electron chi connectivity index (χ0n) is 11.4. The van der Waals surface area contributed by atoms with E-state index in [1.165, 1.54) is 4.31 Å². The molecule has 0 unspecified atom stereocenters. The SMILES string of the molecule is CCN(CC(C)(C)CN)S(=O)(=O)c1cncc(F)c1. The summed E-state index contributed by atoms with van der Waals surface area (Å²) in [5.74, 6) is -0.671. The summed E-state index contributed by atoms with van der Waals surface area (Å²) >= 11 is 0. The normalized spacial score (nSPS) is 12.9. The maximum Gasteiger partial charge on any atom is 0.244 e. The van der Waals surface area contributed by atoms with Gasteiger partial charge in [-0.3, -0.25) is 4.98 Å². The van der Waals surface area contributed by atoms with E-state index in [1.54, 1.807) is 6.92 Å². The summed E-state index contributed by atoms with van der Waals surface area (Å²) < 4.78 is 39.2. The predicted molar refractivity (Wildman–Crippen MR) is 71.5 cm³/mol. The maximum absolute atomic E-state index is 13.1. The van der Waals surface area contributed by atoms with E-state index in [2.05, 4.69) is 4.98 Å². The average molecular weight is 289 g/mol. The van der Waals surface area contributed by atoms with Crippen molar-refractivity contribution in [3.63, 3.8) is 0 Å². The Morgan fingerprint density at radius 3 is 2.53 bits per heavy atom. The van der Waals surface area contributed by atoms with Crippen molar-refractivity contribution in [2.45, 2.75) is 25.7 Å². The molecule has 2 N–H and O–H groups in total. The van der Waals surface area contributed by atoms with Gasteiger partial charge in [0.2, 0.25) is 10.0 Å². The molecule has 7 heteroatoms. The van der Waals surface area contributed by atoms with Gasteiger partial charge in [0.25, 0.3) is 0 Å². The molecule has 1 heterocycles. The monoisotopic (exact) mass is 289 g/mol. The van der Waals surface area contributed by atoms with Gasteiger partial charge in [0.15, 0.2) is 0 Å². The number of nitrogens with zero attached hydrogens (tertiary/aromatic N) is 2. The minimum atomic E-state index is -3.74. The highest BCUT2D eigenvalue weighted by Gasteiger charge is 2.29. The van der Waals surface area contributed by atoms with Gasteiger partial charge >= 0.3 is 0 Å². The summed E-state index contributed by atoms with van der Waals surface area (Å²) in [6, 6.07) is 0.973. The third-order valence-electron chi connectivity index (χ3n) is 2.83. The van der Waals surface area contributed by atoms with E-state index in [4.69, 9.17) is 5.73 Å². The van der Waals surface area contributed by atoms with E-state index in [0.29, 0.717) is 13.1 Å². The summed E-state index contributed by atoms with van der Waals surface area (Å²) in [6.45, 7) is 6.43. The molecule has 1 aromatic rings. The lowest BCUT2D eigenvalue weighted by Crippen LogP contribution is -2.41. The van der Waals surface area contributed by atoms with Crippen LogP contribution in [0.4, 0.5) is 4.39 Å². The van der Waals surface area contributed by atoms with Crippen molar-refractivity contribution in [2.24, 2.45) is 11.1 Å². The Kier molecular flexibility index (Phi) is 5.00. The second-order valence-electron chi connectivity index (χ2n) is 5.14. The van der Waals surface area contributed by atoms with Gasteiger partial charge in [-0.25, -0.2) is 12.8 Å². The molecule has 5 nitrogen and oxygen atoms in total. The number of sulfonamides is 1. The summed E-state index contributed by atoms with van der Waals surface area (Å²) in [7, 11) is -3.74. The quantitative estimate of drug-likeness (QED) is 0.854. The van der Waals surface area contributed by atoms with Gasteiger partial charge in [-0.2, -0.15) is 4.31 Å². The summed E-state index contributed by atoms with van der Waals surface area (Å²) in [5, 5.41) is 0. The van der Waals surface area contributed by atoms with Crippen LogP contribution < -0.4 is 5.73 Å². The number of hydrogen-bond acceptors (Lipinski definition) is 4. The van der Waals surface area contributed by atoms with Crippen LogP contribution >= 0.6 is 0 Å². The smallest absolute Gasteiger partial charge is 0.244 e. The molecule has 0 amide bonds. The molecule has 0 aromatic carbocycles. The van der Waals surface area contributed by atoms with Crippen molar-refractivity contribution in [3.8, 4) is 0 Å². The molecule has 0 radical (unpaired) electrons. The molecule has 0 spiro atoms. The van der Waals surface area contributed by atoms with Gasteiger partial charge in [-0.15, -0.1) is 0 Å². The number of rotatable bonds is 6. The summed E-state index contributed by atoms with van der Waals surface area (Å²) in [4.78, 5) is 3.44. The highest BCUT2D eigenvalue weighted by atomic mass is 32.2. The third-order valence-corrected chi connectivity index (χ3v) is 4.71. The van der Waals surface area contributed by atoms with E-state index in [9.17, 15) is 12.8 Å². The largest absolute Gasteiger partial charge is 0.330 e. The molecule has 0 saturated heterocycles. The Bertz CT molecular complexity index is 532. The zero-order chi connectivity index (χ0) is 14.7. The second kappa shape index (κ2) is 5.94. The van der Waals surface area contributed by atoms with Gasteiger partial charge in [0.1, 0.15) is 10.7 Å². The fourth-order valence-electron chi connectivity index (χ4n) is 1.59. The lowest BCUT2D eigenvalue weighted by molar-refractivity contribution is 0.273. The number of pyridine rings is 1. The molecule has 0 saturated carbocycles. The van der Waals surface area contributed by atoms with E-state index in [1.807, 2.05) is 13.8 Å². The van der Waals surface area contributed by atoms with E-state index < -0.39 is 15.8 Å². The van der Waals surface area contributed by atoms with Crippen LogP contribution in [0.1, 0.15) is 20.8 Å². The van der Waals surface area contributed by atoms with Crippen LogP contribution in [0.25, 0.3) is 0 Å². The van der Waals surface area contributed by atoms with Gasteiger partial charge < -0.3 is 5.73 Å². The lowest BCUT2D eigenvalue weighted by atomic mass is 9.94. The molecule has 0 fully saturated rings. The average Bonchev–Trinajstić information content (AvgIpc) is 2.36. The second-order valence-corrected chi connectivity index (χ2v) is 7.08. The predicted octanol–water partition coefficient (Wildman–Crippen LogP) is 1.22. The molecule has 1 aromatic heterocycles. The highest BCUT2D eigenvalue weighted by molar-refractivity contribution is 7.89. The lowest BCUT2D eigenvalue weighted by Gasteiger charge is -2.30. The standard InChI is InChI=1S/C12H20FN3O2S/c1-4-16(9-12(2,3)8-14)19(17,18)11-5-10(13)6-15-7-11/h5-7H,4,8-9,14H2,1-3H3. The highest BCUT2D eigenvalue weighted by Crippen LogP contribution is 2.21. The van der Waals surface area contributed by atoms with E-state index in [0.717, 1.165) is 18.5 Å². The first-order valence-electron chi connectivity index (χ1n) is 6.04. The fourth-order valence-corrected chi connectivity index (χ4v) is 3.20. The first-order chi connectivity index (χ1) is 8.73. The molecule has 108 valence electrons. The molecule has 0 atom stereocenters. The Morgan fingerprint density at radius 2 is 2.05 bits per heavy atom. The Hall–Kier alpha value is -1.05. The Balaban J connectivity index is 3.10. The molecule has 0 aliphatic heterocycles. The summed E-state index contributed by atoms with van der Waals surface area (Å²) in [5.41, 5.74) is 5.28. The molecule has 0 bridgehead atoms. The maximum atomic E-state index is 13.1. The number of nitrogens with two attached hydrogens (primary N) is 1. The molecular formula is C12H20FN3O2S. The van der Waals surface area contributed by atoms with Crippen LogP contribution in [0, 0.1) is 11.2 Å². The number of aromatic nitrogens is 1. The van der Waals surface area contributed by atoms with Crippen LogP contribution in [-0.2, 0) is 10.0 Å². The Morgan fingerprint density at radius 1 is 1.42 bits per heavy atom. The number of halogens is 1. The van der Waals surface area contributed by atoms with Crippen LogP contribution in [-0.4, -0.2) is 37.3 Å². The van der Waals surface area contributed by atoms with Crippen molar-refractivity contribution < 1.29 is 12.8 Å². The first kappa shape index (κ1) is 16.0. The van der Waals surface area contributed by atoms with Gasteiger partial charge in [0.05, 0.1) is 6.20 Å². The molecule has 1 rings (SSSR count). The van der Waals surface area contributed by atoms with Crippen molar-refractivity contribution in [3.05, 3.63) is 24.3 Å². The van der Waals surface area contributed by atoms with E-state index >= 15 is 0 Å². The van der Waals surface area contributed by atoms with Crippen LogP contribution in [0.2, 0.25) is 0 Å². The van der Waals surface area contributed by atoms with Gasteiger partial charge in [0, 0.05) is 19.3 Å². The van der Waals surface area contributed by atoms with E-state index in [-0.39, 0.29) is 16.9 Å². The molecule has 19 heavy (non-hydrogen) atoms. The van der Waals surface area contributed by atoms with Crippen molar-refractivity contribution in [1.82, 2.24) is 9.29 Å². The first-order valence-corrected chi connectivity index (χ1v) is 7.48. The zero-order valence-corrected chi connectivity index (χ0v) is 12.2. The molecule has 0 aliphatic rings. The summed E-state index contributed by atoms with van der Waals surface area (Å²) in [6.07, 6.45) is 2.12. The Labute approximate surface area is 113 Å². The topological polar surface area (TPSA) is 76.3 Å². The molecule has 0 aliphatic carbocycles. The van der Waals surface area contributed by atoms with Gasteiger partial charge in [-0.05, 0) is 18.0 Å². The van der Waals surface area contributed by atoms with Crippen LogP contribution in [0.3, 0.4) is 0 Å². The van der Waals surface area contributed by atoms with Crippen molar-refractivity contribution in [2.75, 3.05) is 19.6 Å². The van der Waals surface area contributed by atoms with Crippen molar-refractivity contribution >= 4 is 10.0 Å². The van der Waals surface area contributed by atoms with Crippen LogP contribution in [0.15, 0.2) is 23.4 Å². The minimum absolute atomic E-state index is 0.137. The molecular weight excluding hydrogens is 269 g/mol. The van der Waals surface area contributed by atoms with Gasteiger partial charge in [-0.1, -0.05) is 20.8 Å². The minimum Gasteiger partial charge on any atom is -0.330 e. The third kappa shape index (κ3) is 3.95. The number of hydrogen-bond donors (Lipinski definition) is 1. The fraction of sp³-hybridized carbons (Fsp3) is 0.583. The van der Waals surface area contributed by atoms with Crippen LogP contribution in [0.5, 0.6) is 0 Å².